The second-order valence-electron chi connectivity index (χ2n) is 6.23. The maximum Gasteiger partial charge on any atom is 0.255 e. The molecule has 0 aliphatic heterocycles. The van der Waals surface area contributed by atoms with Gasteiger partial charge in [-0.1, -0.05) is 44.2 Å². The summed E-state index contributed by atoms with van der Waals surface area (Å²) in [5.74, 6) is 0.197. The lowest BCUT2D eigenvalue weighted by Crippen LogP contribution is -2.30. The van der Waals surface area contributed by atoms with E-state index >= 15 is 0 Å². The summed E-state index contributed by atoms with van der Waals surface area (Å²) in [5.41, 5.74) is 1.68. The zero-order valence-electron chi connectivity index (χ0n) is 16.2. The lowest BCUT2D eigenvalue weighted by Gasteiger charge is -2.18. The van der Waals surface area contributed by atoms with Crippen molar-refractivity contribution in [2.75, 3.05) is 18.4 Å². The van der Waals surface area contributed by atoms with Crippen molar-refractivity contribution in [1.82, 2.24) is 14.3 Å². The van der Waals surface area contributed by atoms with Gasteiger partial charge in [-0.25, -0.2) is 18.4 Å². The lowest BCUT2D eigenvalue weighted by atomic mass is 10.2. The molecule has 1 heterocycles. The number of sulfonamides is 1. The molecule has 1 N–H and O–H groups in total. The van der Waals surface area contributed by atoms with Crippen molar-refractivity contribution in [3.05, 3.63) is 72.6 Å². The Kier molecular flexibility index (Phi) is 6.36. The Morgan fingerprint density at radius 1 is 0.931 bits per heavy atom. The highest BCUT2D eigenvalue weighted by Crippen LogP contribution is 2.18. The molecular formula is C21H22N4O3S. The fraction of sp³-hybridized carbons (Fsp3) is 0.190. The number of nitrogens with zero attached hydrogens (tertiary/aromatic N) is 3. The number of benzene rings is 2. The molecule has 0 aliphatic rings. The Morgan fingerprint density at radius 3 is 2.07 bits per heavy atom. The minimum Gasteiger partial charge on any atom is -0.319 e. The SMILES string of the molecule is CCN(CC)S(=O)(=O)c1ccc(C(=O)Nc2cnc(-c3ccccc3)nc2)cc1. The molecule has 0 spiro atoms. The summed E-state index contributed by atoms with van der Waals surface area (Å²) in [6.07, 6.45) is 3.07. The Labute approximate surface area is 170 Å². The molecular weight excluding hydrogens is 388 g/mol. The second kappa shape index (κ2) is 8.93. The molecule has 0 unspecified atom stereocenters. The first-order valence-electron chi connectivity index (χ1n) is 9.24. The molecule has 150 valence electrons. The van der Waals surface area contributed by atoms with Crippen LogP contribution in [0.2, 0.25) is 0 Å². The third kappa shape index (κ3) is 4.67. The van der Waals surface area contributed by atoms with E-state index in [4.69, 9.17) is 0 Å². The van der Waals surface area contributed by atoms with Gasteiger partial charge in [0.05, 0.1) is 23.0 Å². The van der Waals surface area contributed by atoms with Crippen molar-refractivity contribution in [3.8, 4) is 11.4 Å². The van der Waals surface area contributed by atoms with Gasteiger partial charge in [0, 0.05) is 24.2 Å². The summed E-state index contributed by atoms with van der Waals surface area (Å²) < 4.78 is 26.4. The highest BCUT2D eigenvalue weighted by Gasteiger charge is 2.21. The van der Waals surface area contributed by atoms with Crippen molar-refractivity contribution in [2.24, 2.45) is 0 Å². The smallest absolute Gasteiger partial charge is 0.255 e. The topological polar surface area (TPSA) is 92.3 Å². The highest BCUT2D eigenvalue weighted by molar-refractivity contribution is 7.89. The number of rotatable bonds is 7. The van der Waals surface area contributed by atoms with Gasteiger partial charge in [0.25, 0.3) is 5.91 Å². The molecule has 7 nitrogen and oxygen atoms in total. The number of nitrogens with one attached hydrogen (secondary N) is 1. The first-order chi connectivity index (χ1) is 14.0. The summed E-state index contributed by atoms with van der Waals surface area (Å²) in [5, 5.41) is 2.72. The van der Waals surface area contributed by atoms with E-state index in [1.807, 2.05) is 30.3 Å². The van der Waals surface area contributed by atoms with Crippen molar-refractivity contribution >= 4 is 21.6 Å². The van der Waals surface area contributed by atoms with Crippen molar-refractivity contribution in [3.63, 3.8) is 0 Å². The molecule has 1 aromatic heterocycles. The number of amides is 1. The van der Waals surface area contributed by atoms with Crippen LogP contribution >= 0.6 is 0 Å². The fourth-order valence-electron chi connectivity index (χ4n) is 2.82. The van der Waals surface area contributed by atoms with Gasteiger partial charge in [0.2, 0.25) is 10.0 Å². The zero-order valence-corrected chi connectivity index (χ0v) is 17.1. The van der Waals surface area contributed by atoms with Gasteiger partial charge < -0.3 is 5.32 Å². The molecule has 8 heteroatoms. The van der Waals surface area contributed by atoms with E-state index in [0.717, 1.165) is 5.56 Å². The molecule has 1 amide bonds. The summed E-state index contributed by atoms with van der Waals surface area (Å²) in [4.78, 5) is 21.1. The van der Waals surface area contributed by atoms with Crippen LogP contribution in [0.4, 0.5) is 5.69 Å². The van der Waals surface area contributed by atoms with Crippen LogP contribution in [0.3, 0.4) is 0 Å². The number of carbonyl (C=O) groups is 1. The Morgan fingerprint density at radius 2 is 1.52 bits per heavy atom. The van der Waals surface area contributed by atoms with E-state index < -0.39 is 10.0 Å². The van der Waals surface area contributed by atoms with E-state index in [-0.39, 0.29) is 10.8 Å². The van der Waals surface area contributed by atoms with E-state index in [9.17, 15) is 13.2 Å². The van der Waals surface area contributed by atoms with Crippen LogP contribution in [0.5, 0.6) is 0 Å². The summed E-state index contributed by atoms with van der Waals surface area (Å²) in [7, 11) is -3.55. The van der Waals surface area contributed by atoms with Crippen LogP contribution < -0.4 is 5.32 Å². The maximum atomic E-state index is 12.5. The van der Waals surface area contributed by atoms with Crippen LogP contribution in [0.1, 0.15) is 24.2 Å². The number of aromatic nitrogens is 2. The molecule has 0 bridgehead atoms. The minimum atomic E-state index is -3.55. The predicted octanol–water partition coefficient (Wildman–Crippen LogP) is 3.43. The first-order valence-corrected chi connectivity index (χ1v) is 10.7. The summed E-state index contributed by atoms with van der Waals surface area (Å²) in [6.45, 7) is 4.35. The number of hydrogen-bond donors (Lipinski definition) is 1. The summed E-state index contributed by atoms with van der Waals surface area (Å²) >= 11 is 0. The number of anilines is 1. The monoisotopic (exact) mass is 410 g/mol. The molecule has 2 aromatic carbocycles. The average Bonchev–Trinajstić information content (AvgIpc) is 2.75. The first kappa shape index (κ1) is 20.6. The Balaban J connectivity index is 1.71. The standard InChI is InChI=1S/C21H22N4O3S/c1-3-25(4-2)29(27,28)19-12-10-17(11-13-19)21(26)24-18-14-22-20(23-15-18)16-8-6-5-7-9-16/h5-15H,3-4H2,1-2H3,(H,24,26). The van der Waals surface area contributed by atoms with Gasteiger partial charge in [-0.3, -0.25) is 4.79 Å². The number of hydrogen-bond acceptors (Lipinski definition) is 5. The molecule has 0 saturated carbocycles. The van der Waals surface area contributed by atoms with Gasteiger partial charge in [0.1, 0.15) is 0 Å². The normalized spacial score (nSPS) is 11.4. The highest BCUT2D eigenvalue weighted by atomic mass is 32.2. The van der Waals surface area contributed by atoms with Gasteiger partial charge in [-0.15, -0.1) is 0 Å². The Hall–Kier alpha value is -3.10. The zero-order chi connectivity index (χ0) is 20.9. The molecule has 0 saturated heterocycles. The molecule has 0 fully saturated rings. The van der Waals surface area contributed by atoms with E-state index in [2.05, 4.69) is 15.3 Å². The van der Waals surface area contributed by atoms with Gasteiger partial charge in [-0.2, -0.15) is 4.31 Å². The predicted molar refractivity (Wildman–Crippen MR) is 112 cm³/mol. The Bertz CT molecular complexity index is 1060. The van der Waals surface area contributed by atoms with Crippen LogP contribution in [-0.4, -0.2) is 41.7 Å². The minimum absolute atomic E-state index is 0.160. The molecule has 3 aromatic rings. The van der Waals surface area contributed by atoms with Gasteiger partial charge >= 0.3 is 0 Å². The van der Waals surface area contributed by atoms with Crippen LogP contribution in [-0.2, 0) is 10.0 Å². The lowest BCUT2D eigenvalue weighted by molar-refractivity contribution is 0.102. The molecule has 29 heavy (non-hydrogen) atoms. The third-order valence-electron chi connectivity index (χ3n) is 4.40. The largest absolute Gasteiger partial charge is 0.319 e. The molecule has 0 aliphatic carbocycles. The van der Waals surface area contributed by atoms with E-state index in [1.54, 1.807) is 13.8 Å². The number of carbonyl (C=O) groups excluding carboxylic acids is 1. The van der Waals surface area contributed by atoms with Crippen LogP contribution in [0, 0.1) is 0 Å². The van der Waals surface area contributed by atoms with E-state index in [0.29, 0.717) is 30.2 Å². The average molecular weight is 410 g/mol. The van der Waals surface area contributed by atoms with Crippen molar-refractivity contribution in [2.45, 2.75) is 18.7 Å². The molecule has 3 rings (SSSR count). The molecule has 0 radical (unpaired) electrons. The van der Waals surface area contributed by atoms with Crippen molar-refractivity contribution in [1.29, 1.82) is 0 Å². The maximum absolute atomic E-state index is 12.5. The van der Waals surface area contributed by atoms with E-state index in [1.165, 1.54) is 41.0 Å². The van der Waals surface area contributed by atoms with Gasteiger partial charge in [-0.05, 0) is 24.3 Å². The quantitative estimate of drug-likeness (QED) is 0.644. The summed E-state index contributed by atoms with van der Waals surface area (Å²) in [6, 6.07) is 15.4. The van der Waals surface area contributed by atoms with Crippen molar-refractivity contribution < 1.29 is 13.2 Å². The third-order valence-corrected chi connectivity index (χ3v) is 6.47. The van der Waals surface area contributed by atoms with Crippen LogP contribution in [0.25, 0.3) is 11.4 Å². The fourth-order valence-corrected chi connectivity index (χ4v) is 4.28. The van der Waals surface area contributed by atoms with Crippen LogP contribution in [0.15, 0.2) is 71.9 Å². The van der Waals surface area contributed by atoms with Gasteiger partial charge in [0.15, 0.2) is 5.82 Å². The molecule has 0 atom stereocenters. The second-order valence-corrected chi connectivity index (χ2v) is 8.17.